The third-order valence-corrected chi connectivity index (χ3v) is 2.89. The Labute approximate surface area is 104 Å². The Morgan fingerprint density at radius 1 is 1.44 bits per heavy atom. The lowest BCUT2D eigenvalue weighted by atomic mass is 10.2. The summed E-state index contributed by atoms with van der Waals surface area (Å²) < 4.78 is 1.35. The molecule has 94 valence electrons. The largest absolute Gasteiger partial charge is 0.545 e. The summed E-state index contributed by atoms with van der Waals surface area (Å²) in [5, 5.41) is 13.7. The Balaban J connectivity index is 2.59. The predicted molar refractivity (Wildman–Crippen MR) is 64.8 cm³/mol. The first-order chi connectivity index (χ1) is 8.54. The Morgan fingerprint density at radius 2 is 2.17 bits per heavy atom. The highest BCUT2D eigenvalue weighted by molar-refractivity contribution is 5.86. The van der Waals surface area contributed by atoms with E-state index in [0.29, 0.717) is 17.7 Å². The van der Waals surface area contributed by atoms with Crippen LogP contribution in [0.2, 0.25) is 0 Å². The zero-order chi connectivity index (χ0) is 13.3. The molecule has 2 rings (SSSR count). The zero-order valence-corrected chi connectivity index (χ0v) is 10.2. The fraction of sp³-hybridized carbons (Fsp3) is 0.231. The molecule has 0 radical (unpaired) electrons. The smallest absolute Gasteiger partial charge is 0.274 e. The molecule has 1 aromatic heterocycles. The van der Waals surface area contributed by atoms with Gasteiger partial charge < -0.3 is 9.90 Å². The number of carbonyl (C=O) groups excluding carboxylic acids is 1. The van der Waals surface area contributed by atoms with E-state index in [1.165, 1.54) is 16.8 Å². The fourth-order valence-electron chi connectivity index (χ4n) is 1.95. The molecule has 0 saturated carbocycles. The van der Waals surface area contributed by atoms with Crippen LogP contribution in [0.25, 0.3) is 5.69 Å². The van der Waals surface area contributed by atoms with E-state index in [0.717, 1.165) is 5.69 Å². The third kappa shape index (κ3) is 1.95. The van der Waals surface area contributed by atoms with Crippen molar-refractivity contribution in [1.82, 2.24) is 9.78 Å². The second kappa shape index (κ2) is 4.52. The summed E-state index contributed by atoms with van der Waals surface area (Å²) in [6, 6.07) is 6.09. The molecule has 18 heavy (non-hydrogen) atoms. The normalized spacial score (nSPS) is 10.6. The summed E-state index contributed by atoms with van der Waals surface area (Å²) in [5.41, 5.74) is 1.88. The molecule has 5 heteroatoms. The van der Waals surface area contributed by atoms with Gasteiger partial charge >= 0.3 is 0 Å². The summed E-state index contributed by atoms with van der Waals surface area (Å²) in [4.78, 5) is 22.9. The van der Waals surface area contributed by atoms with Crippen molar-refractivity contribution >= 4 is 5.97 Å². The highest BCUT2D eigenvalue weighted by Gasteiger charge is 2.10. The van der Waals surface area contributed by atoms with E-state index in [4.69, 9.17) is 0 Å². The van der Waals surface area contributed by atoms with Crippen LogP contribution < -0.4 is 10.7 Å². The average Bonchev–Trinajstić information content (AvgIpc) is 2.64. The number of hydrogen-bond acceptors (Lipinski definition) is 3. The van der Waals surface area contributed by atoms with Crippen molar-refractivity contribution in [2.75, 3.05) is 0 Å². The lowest BCUT2D eigenvalue weighted by Gasteiger charge is -2.06. The van der Waals surface area contributed by atoms with Crippen LogP contribution in [0.3, 0.4) is 0 Å². The second-order valence-electron chi connectivity index (χ2n) is 4.05. The molecule has 2 aromatic rings. The van der Waals surface area contributed by atoms with Crippen LogP contribution in [0.1, 0.15) is 28.5 Å². The van der Waals surface area contributed by atoms with Gasteiger partial charge in [-0.25, -0.2) is 4.68 Å². The lowest BCUT2D eigenvalue weighted by Crippen LogP contribution is -2.23. The van der Waals surface area contributed by atoms with Gasteiger partial charge in [0.1, 0.15) is 0 Å². The fourth-order valence-corrected chi connectivity index (χ4v) is 1.95. The van der Waals surface area contributed by atoms with Gasteiger partial charge in [-0.1, -0.05) is 19.1 Å². The van der Waals surface area contributed by atoms with Gasteiger partial charge in [0.05, 0.1) is 11.7 Å². The summed E-state index contributed by atoms with van der Waals surface area (Å²) >= 11 is 0. The Morgan fingerprint density at radius 3 is 2.72 bits per heavy atom. The van der Waals surface area contributed by atoms with Crippen LogP contribution >= 0.6 is 0 Å². The van der Waals surface area contributed by atoms with Gasteiger partial charge in [0.2, 0.25) is 0 Å². The van der Waals surface area contributed by atoms with Crippen molar-refractivity contribution < 1.29 is 9.90 Å². The summed E-state index contributed by atoms with van der Waals surface area (Å²) in [6.07, 6.45) is 0.633. The number of nitrogens with one attached hydrogen (secondary N) is 1. The number of benzene rings is 1. The maximum Gasteiger partial charge on any atom is 0.274 e. The van der Waals surface area contributed by atoms with Gasteiger partial charge in [0.25, 0.3) is 5.56 Å². The maximum absolute atomic E-state index is 12.1. The van der Waals surface area contributed by atoms with Crippen molar-refractivity contribution in [2.45, 2.75) is 20.3 Å². The maximum atomic E-state index is 12.1. The van der Waals surface area contributed by atoms with Crippen molar-refractivity contribution in [3.63, 3.8) is 0 Å². The van der Waals surface area contributed by atoms with Crippen LogP contribution in [-0.4, -0.2) is 15.7 Å². The summed E-state index contributed by atoms with van der Waals surface area (Å²) in [7, 11) is 0. The Bertz CT molecular complexity index is 652. The minimum atomic E-state index is -1.26. The molecule has 1 aromatic carbocycles. The van der Waals surface area contributed by atoms with E-state index in [2.05, 4.69) is 5.10 Å². The number of aromatic amines is 1. The van der Waals surface area contributed by atoms with Crippen molar-refractivity contribution in [2.24, 2.45) is 0 Å². The number of carboxylic acid groups (broad SMARTS) is 1. The molecule has 1 heterocycles. The van der Waals surface area contributed by atoms with E-state index >= 15 is 0 Å². The van der Waals surface area contributed by atoms with Gasteiger partial charge in [0, 0.05) is 11.3 Å². The van der Waals surface area contributed by atoms with Crippen LogP contribution in [-0.2, 0) is 6.42 Å². The van der Waals surface area contributed by atoms with E-state index in [1.807, 2.05) is 13.8 Å². The van der Waals surface area contributed by atoms with Crippen LogP contribution in [0.15, 0.2) is 29.1 Å². The lowest BCUT2D eigenvalue weighted by molar-refractivity contribution is -0.255. The van der Waals surface area contributed by atoms with Crippen molar-refractivity contribution in [1.29, 1.82) is 0 Å². The minimum absolute atomic E-state index is 0.0460. The van der Waals surface area contributed by atoms with Gasteiger partial charge in [-0.15, -0.1) is 0 Å². The van der Waals surface area contributed by atoms with Crippen molar-refractivity contribution in [3.05, 3.63) is 51.4 Å². The Hall–Kier alpha value is -2.30. The first-order valence-electron chi connectivity index (χ1n) is 5.67. The minimum Gasteiger partial charge on any atom is -0.545 e. The first-order valence-corrected chi connectivity index (χ1v) is 5.67. The molecular weight excluding hydrogens is 232 g/mol. The number of aromatic nitrogens is 2. The number of carbonyl (C=O) groups is 1. The molecule has 5 nitrogen and oxygen atoms in total. The highest BCUT2D eigenvalue weighted by Crippen LogP contribution is 2.10. The standard InChI is InChI=1S/C13H14N2O3/c1-3-11-8(2)14-15(12(11)16)10-6-4-5-9(7-10)13(17)18/h4-7,14H,3H2,1-2H3,(H,17,18)/p-1. The van der Waals surface area contributed by atoms with Gasteiger partial charge in [0.15, 0.2) is 0 Å². The quantitative estimate of drug-likeness (QED) is 0.850. The molecule has 1 N–H and O–H groups in total. The Kier molecular flexibility index (Phi) is 3.06. The predicted octanol–water partition coefficient (Wildman–Crippen LogP) is 0.400. The molecule has 0 amide bonds. The second-order valence-corrected chi connectivity index (χ2v) is 4.05. The number of hydrogen-bond donors (Lipinski definition) is 1. The van der Waals surface area contributed by atoms with Crippen LogP contribution in [0.4, 0.5) is 0 Å². The van der Waals surface area contributed by atoms with Gasteiger partial charge in [-0.05, 0) is 31.0 Å². The van der Waals surface area contributed by atoms with E-state index < -0.39 is 5.97 Å². The molecule has 0 atom stereocenters. The molecule has 0 unspecified atom stereocenters. The number of aromatic carboxylic acids is 1. The molecular formula is C13H13N2O3-. The number of nitrogens with zero attached hydrogens (tertiary/aromatic N) is 1. The first kappa shape index (κ1) is 12.2. The summed E-state index contributed by atoms with van der Waals surface area (Å²) in [6.45, 7) is 3.72. The molecule has 0 fully saturated rings. The van der Waals surface area contributed by atoms with E-state index in [1.54, 1.807) is 12.1 Å². The molecule has 0 aliphatic carbocycles. The van der Waals surface area contributed by atoms with Crippen LogP contribution in [0, 0.1) is 6.92 Å². The average molecular weight is 245 g/mol. The van der Waals surface area contributed by atoms with E-state index in [-0.39, 0.29) is 11.1 Å². The van der Waals surface area contributed by atoms with Crippen molar-refractivity contribution in [3.8, 4) is 5.69 Å². The van der Waals surface area contributed by atoms with Gasteiger partial charge in [-0.2, -0.15) is 0 Å². The monoisotopic (exact) mass is 245 g/mol. The molecule has 0 aliphatic rings. The summed E-state index contributed by atoms with van der Waals surface area (Å²) in [5.74, 6) is -1.26. The third-order valence-electron chi connectivity index (χ3n) is 2.89. The van der Waals surface area contributed by atoms with Gasteiger partial charge in [-0.3, -0.25) is 9.89 Å². The highest BCUT2D eigenvalue weighted by atomic mass is 16.4. The van der Waals surface area contributed by atoms with Crippen LogP contribution in [0.5, 0.6) is 0 Å². The molecule has 0 saturated heterocycles. The molecule has 0 bridgehead atoms. The number of rotatable bonds is 3. The SMILES string of the molecule is CCc1c(C)[nH]n(-c2cccc(C(=O)[O-])c2)c1=O. The number of H-pyrrole nitrogens is 1. The molecule has 0 spiro atoms. The number of carboxylic acids is 1. The number of aryl methyl sites for hydroxylation is 1. The van der Waals surface area contributed by atoms with E-state index in [9.17, 15) is 14.7 Å². The topological polar surface area (TPSA) is 77.9 Å². The zero-order valence-electron chi connectivity index (χ0n) is 10.2. The molecule has 0 aliphatic heterocycles.